The van der Waals surface area contributed by atoms with E-state index in [0.29, 0.717) is 6.17 Å². The number of rotatable bonds is 3. The third kappa shape index (κ3) is 2.72. The van der Waals surface area contributed by atoms with Crippen LogP contribution in [0.2, 0.25) is 0 Å². The van der Waals surface area contributed by atoms with Crippen molar-refractivity contribution in [1.29, 1.82) is 0 Å². The van der Waals surface area contributed by atoms with Crippen molar-refractivity contribution in [3.05, 3.63) is 35.9 Å². The Hall–Kier alpha value is -0.940. The van der Waals surface area contributed by atoms with Gasteiger partial charge < -0.3 is 5.32 Å². The lowest BCUT2D eigenvalue weighted by Crippen LogP contribution is -2.63. The van der Waals surface area contributed by atoms with Gasteiger partial charge in [0, 0.05) is 32.7 Å². The van der Waals surface area contributed by atoms with Gasteiger partial charge in [0.25, 0.3) is 0 Å². The van der Waals surface area contributed by atoms with E-state index in [2.05, 4.69) is 45.6 Å². The Morgan fingerprint density at radius 3 is 3.00 bits per heavy atom. The van der Waals surface area contributed by atoms with Crippen molar-refractivity contribution in [2.24, 2.45) is 0 Å². The summed E-state index contributed by atoms with van der Waals surface area (Å²) in [7, 11) is 0. The lowest BCUT2D eigenvalue weighted by molar-refractivity contribution is -0.257. The van der Waals surface area contributed by atoms with Crippen molar-refractivity contribution >= 4 is 0 Å². The van der Waals surface area contributed by atoms with Crippen LogP contribution < -0.4 is 5.32 Å². The number of hydrogen-bond donors (Lipinski definition) is 1. The number of nitrogens with zero attached hydrogens (tertiary/aromatic N) is 2. The Morgan fingerprint density at radius 2 is 2.11 bits per heavy atom. The van der Waals surface area contributed by atoms with E-state index in [1.807, 2.05) is 0 Å². The Labute approximate surface area is 108 Å². The van der Waals surface area contributed by atoms with Gasteiger partial charge in [0.2, 0.25) is 0 Å². The van der Waals surface area contributed by atoms with E-state index in [9.17, 15) is 0 Å². The third-order valence-electron chi connectivity index (χ3n) is 3.76. The maximum Gasteiger partial charge on any atom is 0.0995 e. The zero-order chi connectivity index (χ0) is 12.2. The van der Waals surface area contributed by atoms with E-state index >= 15 is 0 Å². The fourth-order valence-electron chi connectivity index (χ4n) is 2.74. The molecule has 0 saturated carbocycles. The molecule has 0 aliphatic carbocycles. The minimum Gasteiger partial charge on any atom is -0.312 e. The first-order valence-corrected chi connectivity index (χ1v) is 6.82. The van der Waals surface area contributed by atoms with Gasteiger partial charge in [-0.05, 0) is 12.0 Å². The van der Waals surface area contributed by atoms with Gasteiger partial charge in [-0.2, -0.15) is 5.06 Å². The first-order chi connectivity index (χ1) is 8.93. The van der Waals surface area contributed by atoms with Gasteiger partial charge in [0.1, 0.15) is 0 Å². The molecule has 2 heterocycles. The molecule has 0 spiro atoms. The summed E-state index contributed by atoms with van der Waals surface area (Å²) in [6.07, 6.45) is 1.46. The van der Waals surface area contributed by atoms with Crippen LogP contribution >= 0.6 is 0 Å². The second-order valence-electron chi connectivity index (χ2n) is 4.93. The summed E-state index contributed by atoms with van der Waals surface area (Å²) in [6.45, 7) is 6.10. The predicted molar refractivity (Wildman–Crippen MR) is 71.0 cm³/mol. The van der Waals surface area contributed by atoms with Crippen LogP contribution in [0.5, 0.6) is 0 Å². The Bertz CT molecular complexity index is 369. The fourth-order valence-corrected chi connectivity index (χ4v) is 2.74. The van der Waals surface area contributed by atoms with Gasteiger partial charge in [0.15, 0.2) is 0 Å². The van der Waals surface area contributed by atoms with E-state index in [4.69, 9.17) is 4.84 Å². The van der Waals surface area contributed by atoms with E-state index < -0.39 is 0 Å². The molecule has 18 heavy (non-hydrogen) atoms. The molecule has 1 unspecified atom stereocenters. The normalized spacial score (nSPS) is 25.9. The number of piperazine rings is 1. The van der Waals surface area contributed by atoms with Crippen LogP contribution in [0.3, 0.4) is 0 Å². The summed E-state index contributed by atoms with van der Waals surface area (Å²) >= 11 is 0. The lowest BCUT2D eigenvalue weighted by Gasteiger charge is -2.45. The zero-order valence-corrected chi connectivity index (χ0v) is 10.7. The van der Waals surface area contributed by atoms with E-state index in [1.165, 1.54) is 5.56 Å². The summed E-state index contributed by atoms with van der Waals surface area (Å²) < 4.78 is 0. The molecule has 98 valence electrons. The van der Waals surface area contributed by atoms with Crippen molar-refractivity contribution in [3.63, 3.8) is 0 Å². The van der Waals surface area contributed by atoms with Gasteiger partial charge in [0.05, 0.1) is 12.8 Å². The van der Waals surface area contributed by atoms with E-state index in [0.717, 1.165) is 45.8 Å². The molecular formula is C14H21N3O. The van der Waals surface area contributed by atoms with E-state index in [-0.39, 0.29) is 0 Å². The van der Waals surface area contributed by atoms with Gasteiger partial charge in [-0.3, -0.25) is 9.74 Å². The molecule has 0 aromatic heterocycles. The summed E-state index contributed by atoms with van der Waals surface area (Å²) in [4.78, 5) is 8.34. The molecule has 1 aromatic carbocycles. The minimum absolute atomic E-state index is 0.413. The average molecular weight is 247 g/mol. The summed E-state index contributed by atoms with van der Waals surface area (Å²) in [5, 5.41) is 5.60. The largest absolute Gasteiger partial charge is 0.312 e. The van der Waals surface area contributed by atoms with Gasteiger partial charge in [-0.1, -0.05) is 30.3 Å². The zero-order valence-electron chi connectivity index (χ0n) is 10.7. The second-order valence-corrected chi connectivity index (χ2v) is 4.93. The molecule has 4 nitrogen and oxygen atoms in total. The highest BCUT2D eigenvalue weighted by Gasteiger charge is 2.31. The highest BCUT2D eigenvalue weighted by atomic mass is 16.7. The van der Waals surface area contributed by atoms with E-state index in [1.54, 1.807) is 0 Å². The van der Waals surface area contributed by atoms with Crippen LogP contribution in [0.4, 0.5) is 0 Å². The topological polar surface area (TPSA) is 27.7 Å². The molecule has 2 aliphatic rings. The smallest absolute Gasteiger partial charge is 0.0995 e. The van der Waals surface area contributed by atoms with Crippen LogP contribution in [0, 0.1) is 0 Å². The van der Waals surface area contributed by atoms with Crippen molar-refractivity contribution in [2.45, 2.75) is 12.6 Å². The highest BCUT2D eigenvalue weighted by molar-refractivity contribution is 5.14. The van der Waals surface area contributed by atoms with Crippen LogP contribution in [0.1, 0.15) is 5.56 Å². The van der Waals surface area contributed by atoms with Gasteiger partial charge >= 0.3 is 0 Å². The SMILES string of the molecule is c1ccc(CCN2OCCN3CCNCC32)cc1. The molecule has 1 aromatic rings. The minimum atomic E-state index is 0.413. The molecule has 0 radical (unpaired) electrons. The molecule has 2 aliphatic heterocycles. The Kier molecular flexibility index (Phi) is 3.90. The van der Waals surface area contributed by atoms with Crippen LogP contribution in [0.25, 0.3) is 0 Å². The molecule has 3 rings (SSSR count). The summed E-state index contributed by atoms with van der Waals surface area (Å²) in [5.41, 5.74) is 1.38. The summed E-state index contributed by atoms with van der Waals surface area (Å²) in [6, 6.07) is 10.6. The van der Waals surface area contributed by atoms with Gasteiger partial charge in [-0.25, -0.2) is 0 Å². The number of hydrogen-bond acceptors (Lipinski definition) is 4. The molecule has 4 heteroatoms. The van der Waals surface area contributed by atoms with Crippen LogP contribution in [0.15, 0.2) is 30.3 Å². The predicted octanol–water partition coefficient (Wildman–Crippen LogP) is 0.708. The van der Waals surface area contributed by atoms with Crippen molar-refractivity contribution in [3.8, 4) is 0 Å². The van der Waals surface area contributed by atoms with Crippen molar-refractivity contribution in [2.75, 3.05) is 39.3 Å². The molecule has 0 bridgehead atoms. The maximum absolute atomic E-state index is 5.82. The molecule has 1 N–H and O–H groups in total. The number of hydroxylamine groups is 2. The maximum atomic E-state index is 5.82. The first-order valence-electron chi connectivity index (χ1n) is 6.82. The molecular weight excluding hydrogens is 226 g/mol. The monoisotopic (exact) mass is 247 g/mol. The van der Waals surface area contributed by atoms with Gasteiger partial charge in [-0.15, -0.1) is 0 Å². The lowest BCUT2D eigenvalue weighted by atomic mass is 10.1. The fraction of sp³-hybridized carbons (Fsp3) is 0.571. The van der Waals surface area contributed by atoms with Crippen molar-refractivity contribution < 1.29 is 4.84 Å². The molecule has 2 fully saturated rings. The molecule has 2 saturated heterocycles. The third-order valence-corrected chi connectivity index (χ3v) is 3.76. The van der Waals surface area contributed by atoms with Crippen LogP contribution in [-0.2, 0) is 11.3 Å². The quantitative estimate of drug-likeness (QED) is 0.851. The number of benzene rings is 1. The number of nitrogens with one attached hydrogen (secondary N) is 1. The average Bonchev–Trinajstić information content (AvgIpc) is 2.46. The van der Waals surface area contributed by atoms with Crippen LogP contribution in [-0.4, -0.2) is 55.5 Å². The summed E-state index contributed by atoms with van der Waals surface area (Å²) in [5.74, 6) is 0. The number of fused-ring (bicyclic) bond motifs is 1. The Balaban J connectivity index is 1.58. The first kappa shape index (κ1) is 12.1. The standard InChI is InChI=1S/C14H21N3O/c1-2-4-13(5-3-1)6-8-17-14-12-15-7-9-16(14)10-11-18-17/h1-5,14-15H,6-12H2. The molecule has 1 atom stereocenters. The highest BCUT2D eigenvalue weighted by Crippen LogP contribution is 2.15. The second kappa shape index (κ2) is 5.80. The molecule has 0 amide bonds. The van der Waals surface area contributed by atoms with Crippen molar-refractivity contribution in [1.82, 2.24) is 15.3 Å². The Morgan fingerprint density at radius 1 is 1.22 bits per heavy atom.